The maximum Gasteiger partial charge on any atom is 0.417 e. The Labute approximate surface area is 173 Å². The number of halogens is 3. The average Bonchev–Trinajstić information content (AvgIpc) is 3.24. The van der Waals surface area contributed by atoms with Gasteiger partial charge in [0.05, 0.1) is 17.5 Å². The van der Waals surface area contributed by atoms with Crippen molar-refractivity contribution in [3.63, 3.8) is 0 Å². The number of nitrogens with zero attached hydrogens (tertiary/aromatic N) is 1. The highest BCUT2D eigenvalue weighted by molar-refractivity contribution is 6.10. The van der Waals surface area contributed by atoms with Crippen LogP contribution in [0.5, 0.6) is 0 Å². The van der Waals surface area contributed by atoms with Crippen molar-refractivity contribution < 1.29 is 27.6 Å². The van der Waals surface area contributed by atoms with E-state index in [0.29, 0.717) is 5.69 Å². The van der Waals surface area contributed by atoms with Gasteiger partial charge in [-0.2, -0.15) is 13.2 Å². The number of alkyl halides is 3. The summed E-state index contributed by atoms with van der Waals surface area (Å²) in [6.45, 7) is 0. The number of carbonyl (C=O) groups excluding carboxylic acids is 3. The first kappa shape index (κ1) is 21.6. The van der Waals surface area contributed by atoms with E-state index >= 15 is 0 Å². The van der Waals surface area contributed by atoms with Crippen LogP contribution < -0.4 is 16.0 Å². The number of aromatic nitrogens is 2. The van der Waals surface area contributed by atoms with E-state index in [1.54, 1.807) is 0 Å². The molecule has 0 bridgehead atoms. The van der Waals surface area contributed by atoms with Crippen LogP contribution in [0.25, 0.3) is 0 Å². The van der Waals surface area contributed by atoms with E-state index < -0.39 is 35.0 Å². The van der Waals surface area contributed by atoms with Gasteiger partial charge in [0.1, 0.15) is 5.69 Å². The summed E-state index contributed by atoms with van der Waals surface area (Å²) in [4.78, 5) is 42.8. The van der Waals surface area contributed by atoms with Crippen molar-refractivity contribution >= 4 is 29.1 Å². The van der Waals surface area contributed by atoms with E-state index in [-0.39, 0.29) is 17.1 Å². The molecule has 31 heavy (non-hydrogen) atoms. The van der Waals surface area contributed by atoms with Crippen LogP contribution in [-0.2, 0) is 6.18 Å². The van der Waals surface area contributed by atoms with Crippen LogP contribution in [0.1, 0.15) is 36.9 Å². The molecule has 0 unspecified atom stereocenters. The minimum absolute atomic E-state index is 0.00721. The van der Waals surface area contributed by atoms with Crippen LogP contribution in [0.3, 0.4) is 0 Å². The molecular weight excluding hydrogens is 415 g/mol. The van der Waals surface area contributed by atoms with Gasteiger partial charge in [-0.15, -0.1) is 0 Å². The van der Waals surface area contributed by atoms with Crippen LogP contribution in [0.4, 0.5) is 24.5 Å². The largest absolute Gasteiger partial charge is 0.417 e. The Morgan fingerprint density at radius 3 is 2.03 bits per heavy atom. The van der Waals surface area contributed by atoms with Gasteiger partial charge in [0.2, 0.25) is 0 Å². The summed E-state index contributed by atoms with van der Waals surface area (Å²) in [6.07, 6.45) is -3.46. The SMILES string of the molecule is CNC(=O)c1[nH]cnc1C(=O)Nc1ccc(NC(=O)c2ccccc2C(F)(F)F)cc1. The molecular formula is C20H16F3N5O3. The maximum atomic E-state index is 13.1. The van der Waals surface area contributed by atoms with Crippen molar-refractivity contribution in [3.8, 4) is 0 Å². The van der Waals surface area contributed by atoms with E-state index in [9.17, 15) is 27.6 Å². The van der Waals surface area contributed by atoms with Crippen LogP contribution >= 0.6 is 0 Å². The number of imidazole rings is 1. The number of H-pyrrole nitrogens is 1. The molecule has 0 saturated heterocycles. The molecule has 0 atom stereocenters. The summed E-state index contributed by atoms with van der Waals surface area (Å²) in [5.41, 5.74) is -1.11. The molecule has 4 N–H and O–H groups in total. The van der Waals surface area contributed by atoms with Gasteiger partial charge in [-0.1, -0.05) is 12.1 Å². The molecule has 1 aromatic heterocycles. The topological polar surface area (TPSA) is 116 Å². The third kappa shape index (κ3) is 4.89. The summed E-state index contributed by atoms with van der Waals surface area (Å²) in [6, 6.07) is 10.2. The number of rotatable bonds is 5. The van der Waals surface area contributed by atoms with E-state index in [4.69, 9.17) is 0 Å². The molecule has 0 aliphatic carbocycles. The molecule has 3 amide bonds. The van der Waals surface area contributed by atoms with Gasteiger partial charge in [0, 0.05) is 18.4 Å². The lowest BCUT2D eigenvalue weighted by Gasteiger charge is -2.13. The number of amides is 3. The number of hydrogen-bond acceptors (Lipinski definition) is 4. The van der Waals surface area contributed by atoms with Crippen LogP contribution in [0, 0.1) is 0 Å². The lowest BCUT2D eigenvalue weighted by molar-refractivity contribution is -0.137. The second-order valence-electron chi connectivity index (χ2n) is 6.23. The molecule has 3 aromatic rings. The average molecular weight is 431 g/mol. The van der Waals surface area contributed by atoms with Crippen molar-refractivity contribution in [2.45, 2.75) is 6.18 Å². The fraction of sp³-hybridized carbons (Fsp3) is 0.100. The van der Waals surface area contributed by atoms with Gasteiger partial charge < -0.3 is 20.9 Å². The molecule has 0 saturated carbocycles. The zero-order valence-corrected chi connectivity index (χ0v) is 16.0. The van der Waals surface area contributed by atoms with Crippen molar-refractivity contribution in [2.24, 2.45) is 0 Å². The zero-order valence-electron chi connectivity index (χ0n) is 16.0. The first-order valence-corrected chi connectivity index (χ1v) is 8.85. The monoisotopic (exact) mass is 431 g/mol. The summed E-state index contributed by atoms with van der Waals surface area (Å²) in [5, 5.41) is 7.31. The second-order valence-corrected chi connectivity index (χ2v) is 6.23. The Morgan fingerprint density at radius 1 is 0.871 bits per heavy atom. The predicted octanol–water partition coefficient (Wildman–Crippen LogP) is 3.29. The van der Waals surface area contributed by atoms with E-state index in [0.717, 1.165) is 12.1 Å². The second kappa shape index (κ2) is 8.69. The summed E-state index contributed by atoms with van der Waals surface area (Å²) in [5.74, 6) is -2.08. The first-order valence-electron chi connectivity index (χ1n) is 8.85. The van der Waals surface area contributed by atoms with Gasteiger partial charge in [0.15, 0.2) is 5.69 Å². The summed E-state index contributed by atoms with van der Waals surface area (Å²) in [7, 11) is 1.41. The number of hydrogen-bond donors (Lipinski definition) is 4. The van der Waals surface area contributed by atoms with E-state index in [1.165, 1.54) is 49.8 Å². The van der Waals surface area contributed by atoms with Crippen molar-refractivity contribution in [3.05, 3.63) is 77.4 Å². The fourth-order valence-corrected chi connectivity index (χ4v) is 2.72. The Morgan fingerprint density at radius 2 is 1.45 bits per heavy atom. The quantitative estimate of drug-likeness (QED) is 0.496. The molecule has 0 aliphatic rings. The van der Waals surface area contributed by atoms with Crippen molar-refractivity contribution in [1.82, 2.24) is 15.3 Å². The highest BCUT2D eigenvalue weighted by Gasteiger charge is 2.34. The Hall–Kier alpha value is -4.15. The van der Waals surface area contributed by atoms with Gasteiger partial charge in [0.25, 0.3) is 17.7 Å². The van der Waals surface area contributed by atoms with E-state index in [2.05, 4.69) is 25.9 Å². The van der Waals surface area contributed by atoms with Crippen molar-refractivity contribution in [1.29, 1.82) is 0 Å². The van der Waals surface area contributed by atoms with Gasteiger partial charge >= 0.3 is 6.18 Å². The molecule has 8 nitrogen and oxygen atoms in total. The van der Waals surface area contributed by atoms with Crippen LogP contribution in [-0.4, -0.2) is 34.7 Å². The van der Waals surface area contributed by atoms with Gasteiger partial charge in [-0.05, 0) is 36.4 Å². The molecule has 1 heterocycles. The Kier molecular flexibility index (Phi) is 6.05. The number of aromatic amines is 1. The number of anilines is 2. The molecule has 2 aromatic carbocycles. The number of nitrogens with one attached hydrogen (secondary N) is 4. The minimum Gasteiger partial charge on any atom is -0.354 e. The highest BCUT2D eigenvalue weighted by Crippen LogP contribution is 2.32. The maximum absolute atomic E-state index is 13.1. The van der Waals surface area contributed by atoms with E-state index in [1.807, 2.05) is 0 Å². The predicted molar refractivity (Wildman–Crippen MR) is 106 cm³/mol. The zero-order chi connectivity index (χ0) is 22.6. The van der Waals surface area contributed by atoms with Crippen LogP contribution in [0.15, 0.2) is 54.9 Å². The molecule has 160 valence electrons. The summed E-state index contributed by atoms with van der Waals surface area (Å²) >= 11 is 0. The molecule has 0 spiro atoms. The third-order valence-corrected chi connectivity index (χ3v) is 4.19. The van der Waals surface area contributed by atoms with Gasteiger partial charge in [-0.25, -0.2) is 4.98 Å². The van der Waals surface area contributed by atoms with Gasteiger partial charge in [-0.3, -0.25) is 14.4 Å². The number of carbonyl (C=O) groups is 3. The number of benzene rings is 2. The molecule has 0 radical (unpaired) electrons. The smallest absolute Gasteiger partial charge is 0.354 e. The lowest BCUT2D eigenvalue weighted by atomic mass is 10.1. The first-order chi connectivity index (χ1) is 14.7. The molecule has 0 aliphatic heterocycles. The Balaban J connectivity index is 1.70. The van der Waals surface area contributed by atoms with Crippen molar-refractivity contribution in [2.75, 3.05) is 17.7 Å². The molecule has 3 rings (SSSR count). The molecule has 0 fully saturated rings. The lowest BCUT2D eigenvalue weighted by Crippen LogP contribution is -2.23. The third-order valence-electron chi connectivity index (χ3n) is 4.19. The summed E-state index contributed by atoms with van der Waals surface area (Å²) < 4.78 is 39.3. The standard InChI is InChI=1S/C20H16F3N5O3/c1-24-18(30)15-16(26-10-25-15)19(31)28-12-8-6-11(7-9-12)27-17(29)13-4-2-3-5-14(13)20(21,22)23/h2-10H,1H3,(H,24,30)(H,25,26)(H,27,29)(H,28,31). The minimum atomic E-state index is -4.66. The fourth-order valence-electron chi connectivity index (χ4n) is 2.72. The van der Waals surface area contributed by atoms with Crippen LogP contribution in [0.2, 0.25) is 0 Å². The normalized spacial score (nSPS) is 11.0. The highest BCUT2D eigenvalue weighted by atomic mass is 19.4. The Bertz CT molecular complexity index is 1120. The molecule has 11 heteroatoms.